The Labute approximate surface area is 110 Å². The lowest BCUT2D eigenvalue weighted by molar-refractivity contribution is -0.384. The Morgan fingerprint density at radius 1 is 1.26 bits per heavy atom. The summed E-state index contributed by atoms with van der Waals surface area (Å²) in [7, 11) is -3.61. The Balaban J connectivity index is 2.35. The van der Waals surface area contributed by atoms with E-state index in [1.54, 1.807) is 6.92 Å². The molecule has 6 nitrogen and oxygen atoms in total. The SMILES string of the molecule is CC1C(=O)CCC1S(=O)(=O)c1ccc([N+](=O)[O-])cc1. The zero-order chi connectivity index (χ0) is 14.2. The highest BCUT2D eigenvalue weighted by molar-refractivity contribution is 7.92. The third-order valence-electron chi connectivity index (χ3n) is 3.52. The summed E-state index contributed by atoms with van der Waals surface area (Å²) < 4.78 is 24.7. The van der Waals surface area contributed by atoms with E-state index in [0.29, 0.717) is 6.42 Å². The van der Waals surface area contributed by atoms with Crippen molar-refractivity contribution in [2.75, 3.05) is 0 Å². The number of hydrogen-bond donors (Lipinski definition) is 0. The molecule has 0 heterocycles. The third-order valence-corrected chi connectivity index (χ3v) is 5.89. The van der Waals surface area contributed by atoms with Crippen LogP contribution in [0, 0.1) is 16.0 Å². The Hall–Kier alpha value is -1.76. The lowest BCUT2D eigenvalue weighted by Gasteiger charge is -2.15. The molecule has 102 valence electrons. The molecule has 1 aliphatic rings. The average Bonchev–Trinajstić information content (AvgIpc) is 2.70. The van der Waals surface area contributed by atoms with Crippen molar-refractivity contribution in [2.45, 2.75) is 29.9 Å². The molecule has 2 rings (SSSR count). The van der Waals surface area contributed by atoms with Crippen molar-refractivity contribution >= 4 is 21.3 Å². The van der Waals surface area contributed by atoms with E-state index in [2.05, 4.69) is 0 Å². The normalized spacial score (nSPS) is 23.5. The van der Waals surface area contributed by atoms with E-state index >= 15 is 0 Å². The summed E-state index contributed by atoms with van der Waals surface area (Å²) in [5.74, 6) is -0.560. The summed E-state index contributed by atoms with van der Waals surface area (Å²) in [6.07, 6.45) is 0.595. The fourth-order valence-corrected chi connectivity index (χ4v) is 4.31. The number of nitrogens with zero attached hydrogens (tertiary/aromatic N) is 1. The minimum Gasteiger partial charge on any atom is -0.299 e. The maximum atomic E-state index is 12.3. The summed E-state index contributed by atoms with van der Waals surface area (Å²) in [6.45, 7) is 1.61. The maximum absolute atomic E-state index is 12.3. The van der Waals surface area contributed by atoms with Crippen LogP contribution >= 0.6 is 0 Å². The largest absolute Gasteiger partial charge is 0.299 e. The van der Waals surface area contributed by atoms with Crippen LogP contribution in [0.1, 0.15) is 19.8 Å². The van der Waals surface area contributed by atoms with Gasteiger partial charge >= 0.3 is 0 Å². The lowest BCUT2D eigenvalue weighted by atomic mass is 10.1. The Morgan fingerprint density at radius 3 is 2.26 bits per heavy atom. The predicted molar refractivity (Wildman–Crippen MR) is 67.5 cm³/mol. The van der Waals surface area contributed by atoms with Gasteiger partial charge < -0.3 is 0 Å². The second kappa shape index (κ2) is 4.73. The van der Waals surface area contributed by atoms with Crippen LogP contribution in [0.5, 0.6) is 0 Å². The first-order chi connectivity index (χ1) is 8.84. The zero-order valence-corrected chi connectivity index (χ0v) is 11.1. The van der Waals surface area contributed by atoms with E-state index in [1.807, 2.05) is 0 Å². The van der Waals surface area contributed by atoms with Gasteiger partial charge in [0.2, 0.25) is 0 Å². The van der Waals surface area contributed by atoms with Gasteiger partial charge in [-0.3, -0.25) is 14.9 Å². The minimum atomic E-state index is -3.61. The Bertz CT molecular complexity index is 620. The molecular weight excluding hydrogens is 270 g/mol. The van der Waals surface area contributed by atoms with Gasteiger partial charge in [-0.2, -0.15) is 0 Å². The van der Waals surface area contributed by atoms with Crippen molar-refractivity contribution in [3.63, 3.8) is 0 Å². The zero-order valence-electron chi connectivity index (χ0n) is 10.3. The second-order valence-electron chi connectivity index (χ2n) is 4.63. The fourth-order valence-electron chi connectivity index (χ4n) is 2.33. The Morgan fingerprint density at radius 2 is 1.84 bits per heavy atom. The van der Waals surface area contributed by atoms with Gasteiger partial charge in [0.15, 0.2) is 9.84 Å². The molecule has 1 aromatic carbocycles. The number of hydrogen-bond acceptors (Lipinski definition) is 5. The number of ketones is 1. The summed E-state index contributed by atoms with van der Waals surface area (Å²) >= 11 is 0. The monoisotopic (exact) mass is 283 g/mol. The van der Waals surface area contributed by atoms with Crippen LogP contribution in [-0.4, -0.2) is 24.4 Å². The van der Waals surface area contributed by atoms with Crippen molar-refractivity contribution in [1.82, 2.24) is 0 Å². The summed E-state index contributed by atoms with van der Waals surface area (Å²) in [4.78, 5) is 21.4. The number of non-ortho nitro benzene ring substituents is 1. The molecule has 0 spiro atoms. The van der Waals surface area contributed by atoms with E-state index in [4.69, 9.17) is 0 Å². The summed E-state index contributed by atoms with van der Waals surface area (Å²) in [5, 5.41) is 9.80. The van der Waals surface area contributed by atoms with Gasteiger partial charge in [-0.1, -0.05) is 6.92 Å². The highest BCUT2D eigenvalue weighted by Crippen LogP contribution is 2.32. The highest BCUT2D eigenvalue weighted by atomic mass is 32.2. The third kappa shape index (κ3) is 2.37. The first-order valence-corrected chi connectivity index (χ1v) is 7.39. The van der Waals surface area contributed by atoms with Crippen LogP contribution in [0.4, 0.5) is 5.69 Å². The maximum Gasteiger partial charge on any atom is 0.269 e. The molecule has 0 saturated heterocycles. The molecule has 2 atom stereocenters. The molecule has 1 saturated carbocycles. The van der Waals surface area contributed by atoms with Gasteiger partial charge in [-0.15, -0.1) is 0 Å². The molecule has 0 aromatic heterocycles. The molecule has 0 aliphatic heterocycles. The summed E-state index contributed by atoms with van der Waals surface area (Å²) in [6, 6.07) is 4.77. The van der Waals surface area contributed by atoms with Crippen LogP contribution in [0.3, 0.4) is 0 Å². The van der Waals surface area contributed by atoms with E-state index in [-0.39, 0.29) is 22.8 Å². The molecule has 0 amide bonds. The average molecular weight is 283 g/mol. The van der Waals surface area contributed by atoms with Gasteiger partial charge in [-0.05, 0) is 18.6 Å². The molecular formula is C12H13NO5S. The number of sulfone groups is 1. The first-order valence-electron chi connectivity index (χ1n) is 5.85. The lowest BCUT2D eigenvalue weighted by Crippen LogP contribution is -2.26. The van der Waals surface area contributed by atoms with E-state index in [9.17, 15) is 23.3 Å². The van der Waals surface area contributed by atoms with Crippen molar-refractivity contribution < 1.29 is 18.1 Å². The molecule has 19 heavy (non-hydrogen) atoms. The minimum absolute atomic E-state index is 0.0321. The summed E-state index contributed by atoms with van der Waals surface area (Å²) in [5.41, 5.74) is -0.158. The van der Waals surface area contributed by atoms with E-state index < -0.39 is 25.9 Å². The number of nitro groups is 1. The molecule has 1 aromatic rings. The molecule has 2 unspecified atom stereocenters. The smallest absolute Gasteiger partial charge is 0.269 e. The van der Waals surface area contributed by atoms with Crippen molar-refractivity contribution in [3.05, 3.63) is 34.4 Å². The number of benzene rings is 1. The topological polar surface area (TPSA) is 94.3 Å². The molecule has 1 aliphatic carbocycles. The van der Waals surface area contributed by atoms with Crippen molar-refractivity contribution in [3.8, 4) is 0 Å². The van der Waals surface area contributed by atoms with Gasteiger partial charge in [0, 0.05) is 24.5 Å². The van der Waals surface area contributed by atoms with Crippen LogP contribution in [0.2, 0.25) is 0 Å². The van der Waals surface area contributed by atoms with E-state index in [1.165, 1.54) is 12.1 Å². The van der Waals surface area contributed by atoms with Crippen molar-refractivity contribution in [2.24, 2.45) is 5.92 Å². The number of nitro benzene ring substituents is 1. The van der Waals surface area contributed by atoms with Gasteiger partial charge in [0.25, 0.3) is 5.69 Å². The molecule has 1 fully saturated rings. The number of Topliss-reactive ketones (excluding diaryl/α,β-unsaturated/α-hetero) is 1. The van der Waals surface area contributed by atoms with Crippen LogP contribution < -0.4 is 0 Å². The molecule has 0 bridgehead atoms. The first kappa shape index (κ1) is 13.7. The molecule has 0 radical (unpaired) electrons. The van der Waals surface area contributed by atoms with Gasteiger partial charge in [0.1, 0.15) is 5.78 Å². The number of carbonyl (C=O) groups is 1. The molecule has 7 heteroatoms. The number of rotatable bonds is 3. The highest BCUT2D eigenvalue weighted by Gasteiger charge is 2.40. The second-order valence-corrected chi connectivity index (χ2v) is 6.80. The van der Waals surface area contributed by atoms with Gasteiger partial charge in [-0.25, -0.2) is 8.42 Å². The van der Waals surface area contributed by atoms with E-state index in [0.717, 1.165) is 12.1 Å². The molecule has 0 N–H and O–H groups in total. The Kier molecular flexibility index (Phi) is 3.40. The van der Waals surface area contributed by atoms with Crippen LogP contribution in [0.25, 0.3) is 0 Å². The van der Waals surface area contributed by atoms with Crippen molar-refractivity contribution in [1.29, 1.82) is 0 Å². The fraction of sp³-hybridized carbons (Fsp3) is 0.417. The van der Waals surface area contributed by atoms with Crippen LogP contribution in [0.15, 0.2) is 29.2 Å². The standard InChI is InChI=1S/C12H13NO5S/c1-8-11(14)6-7-12(8)19(17,18)10-4-2-9(3-5-10)13(15)16/h2-5,8,12H,6-7H2,1H3. The number of carbonyl (C=O) groups excluding carboxylic acids is 1. The van der Waals surface area contributed by atoms with Crippen LogP contribution in [-0.2, 0) is 14.6 Å². The quantitative estimate of drug-likeness (QED) is 0.622. The predicted octanol–water partition coefficient (Wildman–Crippen LogP) is 1.74. The van der Waals surface area contributed by atoms with Gasteiger partial charge in [0.05, 0.1) is 15.1 Å².